The van der Waals surface area contributed by atoms with Gasteiger partial charge in [-0.15, -0.1) is 22.7 Å². The van der Waals surface area contributed by atoms with Crippen LogP contribution in [0.1, 0.15) is 29.1 Å². The van der Waals surface area contributed by atoms with Crippen molar-refractivity contribution < 1.29 is 4.79 Å². The SMILES string of the molecule is C[C@@H]1c2ccsc2CCN1C(=O)Cc1csc(-c2ccccc2)n1. The first-order chi connectivity index (χ1) is 11.7. The molecule has 3 aromatic rings. The van der Waals surface area contributed by atoms with Crippen LogP contribution in [-0.4, -0.2) is 22.3 Å². The molecule has 0 fully saturated rings. The number of benzene rings is 1. The van der Waals surface area contributed by atoms with Gasteiger partial charge in [-0.3, -0.25) is 4.79 Å². The fourth-order valence-electron chi connectivity index (χ4n) is 3.21. The second-order valence-electron chi connectivity index (χ2n) is 6.00. The van der Waals surface area contributed by atoms with E-state index in [0.29, 0.717) is 6.42 Å². The minimum atomic E-state index is 0.166. The van der Waals surface area contributed by atoms with Gasteiger partial charge < -0.3 is 4.90 Å². The van der Waals surface area contributed by atoms with Gasteiger partial charge in [0.05, 0.1) is 18.2 Å². The molecule has 0 bridgehead atoms. The van der Waals surface area contributed by atoms with E-state index in [9.17, 15) is 4.79 Å². The molecule has 5 heteroatoms. The Morgan fingerprint density at radius 3 is 2.92 bits per heavy atom. The van der Waals surface area contributed by atoms with Gasteiger partial charge >= 0.3 is 0 Å². The lowest BCUT2D eigenvalue weighted by atomic mass is 10.0. The predicted octanol–water partition coefficient (Wildman–Crippen LogP) is 4.56. The first-order valence-corrected chi connectivity index (χ1v) is 9.84. The smallest absolute Gasteiger partial charge is 0.229 e. The Morgan fingerprint density at radius 2 is 2.08 bits per heavy atom. The molecule has 1 aromatic carbocycles. The van der Waals surface area contributed by atoms with E-state index in [2.05, 4.69) is 35.5 Å². The molecular formula is C19H18N2OS2. The molecule has 0 saturated heterocycles. The van der Waals surface area contributed by atoms with Gasteiger partial charge in [0.1, 0.15) is 5.01 Å². The molecule has 1 amide bonds. The summed E-state index contributed by atoms with van der Waals surface area (Å²) in [6, 6.07) is 12.4. The third-order valence-corrected chi connectivity index (χ3v) is 6.44. The number of thiazole rings is 1. The summed E-state index contributed by atoms with van der Waals surface area (Å²) in [6.45, 7) is 2.93. The van der Waals surface area contributed by atoms with Gasteiger partial charge in [-0.05, 0) is 30.4 Å². The van der Waals surface area contributed by atoms with E-state index in [1.807, 2.05) is 28.5 Å². The molecule has 1 atom stereocenters. The summed E-state index contributed by atoms with van der Waals surface area (Å²) in [5.41, 5.74) is 3.28. The van der Waals surface area contributed by atoms with E-state index < -0.39 is 0 Å². The number of nitrogens with zero attached hydrogens (tertiary/aromatic N) is 2. The van der Waals surface area contributed by atoms with Crippen molar-refractivity contribution in [2.75, 3.05) is 6.54 Å². The molecule has 0 N–H and O–H groups in total. The molecule has 1 aliphatic heterocycles. The highest BCUT2D eigenvalue weighted by molar-refractivity contribution is 7.13. The van der Waals surface area contributed by atoms with Crippen molar-refractivity contribution in [1.82, 2.24) is 9.88 Å². The first-order valence-electron chi connectivity index (χ1n) is 8.08. The summed E-state index contributed by atoms with van der Waals surface area (Å²) in [5, 5.41) is 5.11. The Morgan fingerprint density at radius 1 is 1.25 bits per heavy atom. The van der Waals surface area contributed by atoms with Crippen LogP contribution >= 0.6 is 22.7 Å². The van der Waals surface area contributed by atoms with Crippen LogP contribution in [0.25, 0.3) is 10.6 Å². The molecule has 2 aromatic heterocycles. The number of thiophene rings is 1. The summed E-state index contributed by atoms with van der Waals surface area (Å²) < 4.78 is 0. The molecule has 0 saturated carbocycles. The van der Waals surface area contributed by atoms with Gasteiger partial charge in [0, 0.05) is 22.4 Å². The monoisotopic (exact) mass is 354 g/mol. The van der Waals surface area contributed by atoms with Crippen molar-refractivity contribution in [1.29, 1.82) is 0 Å². The van der Waals surface area contributed by atoms with Crippen LogP contribution in [0.3, 0.4) is 0 Å². The maximum Gasteiger partial charge on any atom is 0.229 e. The van der Waals surface area contributed by atoms with Crippen LogP contribution < -0.4 is 0 Å². The Bertz CT molecular complexity index is 853. The zero-order valence-corrected chi connectivity index (χ0v) is 15.1. The molecular weight excluding hydrogens is 336 g/mol. The number of hydrogen-bond acceptors (Lipinski definition) is 4. The summed E-state index contributed by atoms with van der Waals surface area (Å²) in [4.78, 5) is 20.8. The summed E-state index contributed by atoms with van der Waals surface area (Å²) in [5.74, 6) is 0.171. The highest BCUT2D eigenvalue weighted by atomic mass is 32.1. The topological polar surface area (TPSA) is 33.2 Å². The fraction of sp³-hybridized carbons (Fsp3) is 0.263. The van der Waals surface area contributed by atoms with E-state index in [4.69, 9.17) is 0 Å². The van der Waals surface area contributed by atoms with Crippen LogP contribution in [0.2, 0.25) is 0 Å². The van der Waals surface area contributed by atoms with Gasteiger partial charge in [-0.1, -0.05) is 30.3 Å². The Labute approximate surface area is 149 Å². The molecule has 0 spiro atoms. The molecule has 3 nitrogen and oxygen atoms in total. The highest BCUT2D eigenvalue weighted by Gasteiger charge is 2.28. The van der Waals surface area contributed by atoms with Gasteiger partial charge in [-0.2, -0.15) is 0 Å². The number of fused-ring (bicyclic) bond motifs is 1. The average molecular weight is 355 g/mol. The van der Waals surface area contributed by atoms with Crippen molar-refractivity contribution in [3.05, 3.63) is 63.3 Å². The maximum atomic E-state index is 12.7. The normalized spacial score (nSPS) is 16.9. The molecule has 3 heterocycles. The van der Waals surface area contributed by atoms with Crippen LogP contribution in [0.15, 0.2) is 47.2 Å². The molecule has 0 unspecified atom stereocenters. The molecule has 0 radical (unpaired) electrons. The minimum absolute atomic E-state index is 0.166. The molecule has 122 valence electrons. The number of aromatic nitrogens is 1. The Balaban J connectivity index is 1.48. The number of rotatable bonds is 3. The minimum Gasteiger partial charge on any atom is -0.335 e. The second-order valence-corrected chi connectivity index (χ2v) is 7.86. The lowest BCUT2D eigenvalue weighted by Gasteiger charge is -2.33. The molecule has 24 heavy (non-hydrogen) atoms. The Kier molecular flexibility index (Phi) is 4.21. The largest absolute Gasteiger partial charge is 0.335 e. The van der Waals surface area contributed by atoms with Crippen molar-refractivity contribution >= 4 is 28.6 Å². The van der Waals surface area contributed by atoms with E-state index in [0.717, 1.165) is 29.2 Å². The van der Waals surface area contributed by atoms with Crippen molar-refractivity contribution in [2.45, 2.75) is 25.8 Å². The fourth-order valence-corrected chi connectivity index (χ4v) is 5.00. The van der Waals surface area contributed by atoms with Crippen LogP contribution in [-0.2, 0) is 17.6 Å². The summed E-state index contributed by atoms with van der Waals surface area (Å²) >= 11 is 3.40. The number of carbonyl (C=O) groups is 1. The molecule has 0 aliphatic carbocycles. The van der Waals surface area contributed by atoms with Gasteiger partial charge in [0.15, 0.2) is 0 Å². The zero-order valence-electron chi connectivity index (χ0n) is 13.4. The number of hydrogen-bond donors (Lipinski definition) is 0. The van der Waals surface area contributed by atoms with Crippen molar-refractivity contribution in [2.24, 2.45) is 0 Å². The van der Waals surface area contributed by atoms with Gasteiger partial charge in [-0.25, -0.2) is 4.98 Å². The zero-order chi connectivity index (χ0) is 16.5. The van der Waals surface area contributed by atoms with Gasteiger partial charge in [0.2, 0.25) is 5.91 Å². The van der Waals surface area contributed by atoms with Crippen molar-refractivity contribution in [3.8, 4) is 10.6 Å². The summed E-state index contributed by atoms with van der Waals surface area (Å²) in [7, 11) is 0. The quantitative estimate of drug-likeness (QED) is 0.691. The Hall–Kier alpha value is -1.98. The third kappa shape index (κ3) is 2.89. The molecule has 1 aliphatic rings. The van der Waals surface area contributed by atoms with Crippen LogP contribution in [0.4, 0.5) is 0 Å². The standard InChI is InChI=1S/C19H18N2OS2/c1-13-16-8-10-23-17(16)7-9-21(13)18(22)11-15-12-24-19(20-15)14-5-3-2-4-6-14/h2-6,8,10,12-13H,7,9,11H2,1H3/t13-/m1/s1. The second kappa shape index (κ2) is 6.49. The van der Waals surface area contributed by atoms with E-state index >= 15 is 0 Å². The van der Waals surface area contributed by atoms with Crippen LogP contribution in [0, 0.1) is 0 Å². The summed E-state index contributed by atoms with van der Waals surface area (Å²) in [6.07, 6.45) is 1.35. The number of carbonyl (C=O) groups excluding carboxylic acids is 1. The van der Waals surface area contributed by atoms with Crippen LogP contribution in [0.5, 0.6) is 0 Å². The first kappa shape index (κ1) is 15.5. The van der Waals surface area contributed by atoms with E-state index in [1.54, 1.807) is 22.7 Å². The van der Waals surface area contributed by atoms with Crippen molar-refractivity contribution in [3.63, 3.8) is 0 Å². The average Bonchev–Trinajstić information content (AvgIpc) is 3.25. The van der Waals surface area contributed by atoms with E-state index in [-0.39, 0.29) is 11.9 Å². The third-order valence-electron chi connectivity index (χ3n) is 4.50. The van der Waals surface area contributed by atoms with Gasteiger partial charge in [0.25, 0.3) is 0 Å². The number of amides is 1. The lowest BCUT2D eigenvalue weighted by molar-refractivity contribution is -0.133. The predicted molar refractivity (Wildman–Crippen MR) is 99.4 cm³/mol. The maximum absolute atomic E-state index is 12.7. The van der Waals surface area contributed by atoms with E-state index in [1.165, 1.54) is 10.4 Å². The highest BCUT2D eigenvalue weighted by Crippen LogP contribution is 2.33. The lowest BCUT2D eigenvalue weighted by Crippen LogP contribution is -2.39. The molecule has 4 rings (SSSR count).